The normalized spacial score (nSPS) is 35.1. The lowest BCUT2D eigenvalue weighted by Crippen LogP contribution is -2.35. The van der Waals surface area contributed by atoms with Gasteiger partial charge < -0.3 is 5.11 Å². The molecule has 1 heteroatoms. The average Bonchev–Trinajstić information content (AvgIpc) is 3.15. The molecule has 2 fully saturated rings. The minimum atomic E-state index is -0.176. The van der Waals surface area contributed by atoms with Crippen LogP contribution in [-0.2, 0) is 0 Å². The molecule has 34 heavy (non-hydrogen) atoms. The third-order valence-electron chi connectivity index (χ3n) is 10.7. The van der Waals surface area contributed by atoms with Gasteiger partial charge in [-0.25, -0.2) is 0 Å². The lowest BCUT2D eigenvalue weighted by Gasteiger charge is -2.43. The minimum Gasteiger partial charge on any atom is -0.393 e. The van der Waals surface area contributed by atoms with E-state index in [1.54, 1.807) is 11.1 Å². The first kappa shape index (κ1) is 27.5. The highest BCUT2D eigenvalue weighted by molar-refractivity contribution is 5.36. The molecule has 0 amide bonds. The minimum absolute atomic E-state index is 0.176. The molecule has 0 aliphatic heterocycles. The summed E-state index contributed by atoms with van der Waals surface area (Å²) in [7, 11) is 0. The quantitative estimate of drug-likeness (QED) is 0.353. The van der Waals surface area contributed by atoms with Crippen molar-refractivity contribution in [1.29, 1.82) is 0 Å². The van der Waals surface area contributed by atoms with Crippen LogP contribution in [-0.4, -0.2) is 11.2 Å². The van der Waals surface area contributed by atoms with Gasteiger partial charge in [0.2, 0.25) is 0 Å². The molecule has 1 N–H and O–H groups in total. The van der Waals surface area contributed by atoms with Gasteiger partial charge >= 0.3 is 0 Å². The highest BCUT2D eigenvalue weighted by Crippen LogP contribution is 2.57. The second-order valence-electron chi connectivity index (χ2n) is 13.0. The Morgan fingerprint density at radius 1 is 1.15 bits per heavy atom. The van der Waals surface area contributed by atoms with Gasteiger partial charge in [0.05, 0.1) is 6.10 Å². The molecule has 192 valence electrons. The second kappa shape index (κ2) is 10.9. The third kappa shape index (κ3) is 5.50. The zero-order valence-electron chi connectivity index (χ0n) is 23.7. The Morgan fingerprint density at radius 3 is 2.50 bits per heavy atom. The van der Waals surface area contributed by atoms with Crippen molar-refractivity contribution >= 4 is 0 Å². The summed E-state index contributed by atoms with van der Waals surface area (Å²) < 4.78 is 0. The highest BCUT2D eigenvalue weighted by atomic mass is 16.3. The van der Waals surface area contributed by atoms with Crippen LogP contribution >= 0.6 is 0 Å². The van der Waals surface area contributed by atoms with Gasteiger partial charge in [0, 0.05) is 0 Å². The Kier molecular flexibility index (Phi) is 8.82. The highest BCUT2D eigenvalue weighted by Gasteiger charge is 2.46. The van der Waals surface area contributed by atoms with E-state index in [-0.39, 0.29) is 11.5 Å². The number of hydrogen-bond acceptors (Lipinski definition) is 1. The van der Waals surface area contributed by atoms with Crippen molar-refractivity contribution in [2.24, 2.45) is 34.0 Å². The van der Waals surface area contributed by atoms with Gasteiger partial charge in [-0.1, -0.05) is 102 Å². The molecule has 0 aromatic heterocycles. The standard InChI is InChI=1S/C33H54O/c1-9-25(14-12-20-32(7,10-2)11-3)29-18-19-30-26(15-13-21-33(29,30)8)16-17-27-23-28(34)22-24(4)31(27,5)6/h12,16-18,20,24-25,28,30,34H,9-11,13-15,19,21-23H2,1-8H3/b20-12+,26-16+,27-17-/t24-,25?,28-,30-,33+/m0/s1. The predicted octanol–water partition coefficient (Wildman–Crippen LogP) is 9.59. The van der Waals surface area contributed by atoms with Crippen molar-refractivity contribution in [3.05, 3.63) is 47.1 Å². The van der Waals surface area contributed by atoms with Gasteiger partial charge in [0.25, 0.3) is 0 Å². The molecule has 2 saturated carbocycles. The summed E-state index contributed by atoms with van der Waals surface area (Å²) in [5.41, 5.74) is 5.70. The fourth-order valence-corrected chi connectivity index (χ4v) is 7.11. The maximum Gasteiger partial charge on any atom is 0.0580 e. The van der Waals surface area contributed by atoms with Crippen molar-refractivity contribution in [3.63, 3.8) is 0 Å². The van der Waals surface area contributed by atoms with Crippen LogP contribution in [0.1, 0.15) is 120 Å². The van der Waals surface area contributed by atoms with E-state index in [4.69, 9.17) is 0 Å². The third-order valence-corrected chi connectivity index (χ3v) is 10.7. The lowest BCUT2D eigenvalue weighted by atomic mass is 9.61. The molecule has 3 aliphatic carbocycles. The number of aliphatic hydroxyl groups is 1. The zero-order valence-corrected chi connectivity index (χ0v) is 23.7. The van der Waals surface area contributed by atoms with E-state index in [0.29, 0.717) is 28.6 Å². The van der Waals surface area contributed by atoms with Crippen molar-refractivity contribution in [2.45, 2.75) is 126 Å². The Balaban J connectivity index is 1.79. The molecule has 3 aliphatic rings. The Hall–Kier alpha value is -1.08. The summed E-state index contributed by atoms with van der Waals surface area (Å²) >= 11 is 0. The molecule has 1 nitrogen and oxygen atoms in total. The van der Waals surface area contributed by atoms with Crippen molar-refractivity contribution in [3.8, 4) is 0 Å². The molecular weight excluding hydrogens is 412 g/mol. The molecule has 1 unspecified atom stereocenters. The van der Waals surface area contributed by atoms with E-state index < -0.39 is 0 Å². The van der Waals surface area contributed by atoms with Crippen LogP contribution in [0.2, 0.25) is 0 Å². The van der Waals surface area contributed by atoms with E-state index in [1.807, 2.05) is 0 Å². The van der Waals surface area contributed by atoms with E-state index in [9.17, 15) is 5.11 Å². The summed E-state index contributed by atoms with van der Waals surface area (Å²) in [5.74, 6) is 1.87. The van der Waals surface area contributed by atoms with Crippen molar-refractivity contribution in [2.75, 3.05) is 0 Å². The van der Waals surface area contributed by atoms with Crippen LogP contribution in [0.25, 0.3) is 0 Å². The SMILES string of the molecule is CCC(C/C=C/C(C)(CC)CC)C1=CC[C@H]2/C(=C/C=C3/C[C@@H](O)C[C@H](C)C3(C)C)CCC[C@]12C. The van der Waals surface area contributed by atoms with Gasteiger partial charge in [0.1, 0.15) is 0 Å². The van der Waals surface area contributed by atoms with Crippen LogP contribution in [0, 0.1) is 34.0 Å². The molecule has 0 aromatic rings. The van der Waals surface area contributed by atoms with E-state index in [1.165, 1.54) is 56.9 Å². The summed E-state index contributed by atoms with van der Waals surface area (Å²) in [6.45, 7) is 19.0. The first-order chi connectivity index (χ1) is 16.0. The topological polar surface area (TPSA) is 20.2 Å². The van der Waals surface area contributed by atoms with Crippen LogP contribution < -0.4 is 0 Å². The molecule has 0 spiro atoms. The van der Waals surface area contributed by atoms with Gasteiger partial charge in [-0.2, -0.15) is 0 Å². The maximum atomic E-state index is 10.4. The molecule has 0 radical (unpaired) electrons. The fraction of sp³-hybridized carbons (Fsp3) is 0.758. The van der Waals surface area contributed by atoms with Crippen LogP contribution in [0.15, 0.2) is 47.1 Å². The first-order valence-corrected chi connectivity index (χ1v) is 14.5. The smallest absolute Gasteiger partial charge is 0.0580 e. The van der Waals surface area contributed by atoms with Gasteiger partial charge in [0.15, 0.2) is 0 Å². The molecule has 0 aromatic carbocycles. The first-order valence-electron chi connectivity index (χ1n) is 14.5. The Labute approximate surface area is 211 Å². The molecule has 0 heterocycles. The van der Waals surface area contributed by atoms with E-state index in [2.05, 4.69) is 85.8 Å². The molecule has 3 rings (SSSR count). The molecule has 0 saturated heterocycles. The maximum absolute atomic E-state index is 10.4. The predicted molar refractivity (Wildman–Crippen MR) is 149 cm³/mol. The molecule has 5 atom stereocenters. The number of hydrogen-bond donors (Lipinski definition) is 1. The Morgan fingerprint density at radius 2 is 1.85 bits per heavy atom. The van der Waals surface area contributed by atoms with Crippen LogP contribution in [0.4, 0.5) is 0 Å². The summed E-state index contributed by atoms with van der Waals surface area (Å²) in [5, 5.41) is 10.4. The van der Waals surface area contributed by atoms with Gasteiger partial charge in [-0.05, 0) is 98.2 Å². The number of rotatable bonds is 8. The van der Waals surface area contributed by atoms with E-state index in [0.717, 1.165) is 12.8 Å². The number of fused-ring (bicyclic) bond motifs is 1. The number of aliphatic hydroxyl groups excluding tert-OH is 1. The lowest BCUT2D eigenvalue weighted by molar-refractivity contribution is 0.0777. The summed E-state index contributed by atoms with van der Waals surface area (Å²) in [4.78, 5) is 0. The monoisotopic (exact) mass is 466 g/mol. The number of allylic oxidation sites excluding steroid dienone is 7. The van der Waals surface area contributed by atoms with Crippen molar-refractivity contribution < 1.29 is 5.11 Å². The van der Waals surface area contributed by atoms with Crippen LogP contribution in [0.5, 0.6) is 0 Å². The molecule has 0 bridgehead atoms. The van der Waals surface area contributed by atoms with Gasteiger partial charge in [-0.15, -0.1) is 0 Å². The van der Waals surface area contributed by atoms with Crippen molar-refractivity contribution in [1.82, 2.24) is 0 Å². The largest absolute Gasteiger partial charge is 0.393 e. The summed E-state index contributed by atoms with van der Waals surface area (Å²) in [6, 6.07) is 0. The Bertz CT molecular complexity index is 817. The average molecular weight is 467 g/mol. The van der Waals surface area contributed by atoms with Crippen LogP contribution in [0.3, 0.4) is 0 Å². The second-order valence-corrected chi connectivity index (χ2v) is 13.0. The van der Waals surface area contributed by atoms with E-state index >= 15 is 0 Å². The zero-order chi connectivity index (χ0) is 25.1. The van der Waals surface area contributed by atoms with Gasteiger partial charge in [-0.3, -0.25) is 0 Å². The molecular formula is C33H54O. The summed E-state index contributed by atoms with van der Waals surface area (Å²) in [6.07, 6.45) is 24.1. The fourth-order valence-electron chi connectivity index (χ4n) is 7.11.